The molecule has 3 heterocycles. The number of ether oxygens (including phenoxy) is 2. The van der Waals surface area contributed by atoms with E-state index < -0.39 is 0 Å². The van der Waals surface area contributed by atoms with Gasteiger partial charge in [0.2, 0.25) is 11.9 Å². The van der Waals surface area contributed by atoms with Gasteiger partial charge in [0.1, 0.15) is 12.1 Å². The van der Waals surface area contributed by atoms with Crippen molar-refractivity contribution in [3.8, 4) is 17.4 Å². The number of hydrogen-bond acceptors (Lipinski definition) is 7. The Morgan fingerprint density at radius 2 is 2.03 bits per heavy atom. The predicted octanol–water partition coefficient (Wildman–Crippen LogP) is 2.52. The first-order valence-electron chi connectivity index (χ1n) is 10.6. The number of amides is 1. The average molecular weight is 437 g/mol. The van der Waals surface area contributed by atoms with Gasteiger partial charge in [-0.3, -0.25) is 9.36 Å². The molecule has 1 atom stereocenters. The van der Waals surface area contributed by atoms with Gasteiger partial charge in [-0.1, -0.05) is 6.07 Å². The van der Waals surface area contributed by atoms with Crippen molar-refractivity contribution in [2.24, 2.45) is 5.92 Å². The van der Waals surface area contributed by atoms with E-state index in [1.54, 1.807) is 31.3 Å². The Kier molecular flexibility index (Phi) is 6.53. The second-order valence-electron chi connectivity index (χ2n) is 7.83. The van der Waals surface area contributed by atoms with E-state index in [2.05, 4.69) is 20.2 Å². The Balaban J connectivity index is 1.41. The molecule has 1 aliphatic heterocycles. The lowest BCUT2D eigenvalue weighted by Crippen LogP contribution is -2.43. The number of aromatic nitrogens is 4. The number of carbonyl (C=O) groups is 1. The average Bonchev–Trinajstić information content (AvgIpc) is 3.37. The summed E-state index contributed by atoms with van der Waals surface area (Å²) in [5.41, 5.74) is 1.83. The van der Waals surface area contributed by atoms with E-state index in [4.69, 9.17) is 14.5 Å². The molecule has 0 aliphatic carbocycles. The van der Waals surface area contributed by atoms with Gasteiger partial charge in [0, 0.05) is 43.8 Å². The third kappa shape index (κ3) is 4.82. The SMILES string of the molecule is COc1ccc(CNC(=O)C2CCCN(c3cc(C)nc(-n4ccnc4)n3)C2)cc1OC. The predicted molar refractivity (Wildman–Crippen MR) is 120 cm³/mol. The van der Waals surface area contributed by atoms with Crippen LogP contribution in [0.4, 0.5) is 5.82 Å². The summed E-state index contributed by atoms with van der Waals surface area (Å²) >= 11 is 0. The topological polar surface area (TPSA) is 94.4 Å². The number of nitrogens with one attached hydrogen (secondary N) is 1. The van der Waals surface area contributed by atoms with Crippen molar-refractivity contribution in [2.45, 2.75) is 26.3 Å². The first kappa shape index (κ1) is 21.6. The minimum absolute atomic E-state index is 0.0464. The number of rotatable bonds is 7. The summed E-state index contributed by atoms with van der Waals surface area (Å²) in [6.45, 7) is 3.87. The highest BCUT2D eigenvalue weighted by atomic mass is 16.5. The molecular weight excluding hydrogens is 408 g/mol. The third-order valence-corrected chi connectivity index (χ3v) is 5.60. The van der Waals surface area contributed by atoms with Crippen LogP contribution in [0.25, 0.3) is 5.95 Å². The molecular formula is C23H28N6O3. The molecule has 32 heavy (non-hydrogen) atoms. The summed E-state index contributed by atoms with van der Waals surface area (Å²) in [5.74, 6) is 2.67. The molecule has 0 bridgehead atoms. The van der Waals surface area contributed by atoms with Crippen LogP contribution in [0.5, 0.6) is 11.5 Å². The number of piperidine rings is 1. The van der Waals surface area contributed by atoms with Crippen molar-refractivity contribution in [3.63, 3.8) is 0 Å². The number of nitrogens with zero attached hydrogens (tertiary/aromatic N) is 5. The van der Waals surface area contributed by atoms with E-state index in [1.165, 1.54) is 0 Å². The van der Waals surface area contributed by atoms with Crippen LogP contribution in [-0.4, -0.2) is 52.7 Å². The summed E-state index contributed by atoms with van der Waals surface area (Å²) in [4.78, 5) is 28.4. The smallest absolute Gasteiger partial charge is 0.237 e. The highest BCUT2D eigenvalue weighted by molar-refractivity contribution is 5.79. The molecule has 1 fully saturated rings. The second kappa shape index (κ2) is 9.67. The first-order chi connectivity index (χ1) is 15.6. The second-order valence-corrected chi connectivity index (χ2v) is 7.83. The molecule has 0 spiro atoms. The van der Waals surface area contributed by atoms with Gasteiger partial charge in [-0.15, -0.1) is 0 Å². The molecule has 0 saturated carbocycles. The molecule has 168 valence electrons. The first-order valence-corrected chi connectivity index (χ1v) is 10.6. The minimum Gasteiger partial charge on any atom is -0.493 e. The molecule has 9 heteroatoms. The zero-order valence-corrected chi connectivity index (χ0v) is 18.6. The fourth-order valence-electron chi connectivity index (χ4n) is 3.91. The molecule has 3 aromatic rings. The molecule has 1 N–H and O–H groups in total. The summed E-state index contributed by atoms with van der Waals surface area (Å²) < 4.78 is 12.4. The van der Waals surface area contributed by atoms with Gasteiger partial charge in [0.25, 0.3) is 0 Å². The van der Waals surface area contributed by atoms with Crippen LogP contribution in [-0.2, 0) is 11.3 Å². The van der Waals surface area contributed by atoms with E-state index in [9.17, 15) is 4.79 Å². The van der Waals surface area contributed by atoms with Crippen molar-refractivity contribution >= 4 is 11.7 Å². The van der Waals surface area contributed by atoms with Crippen molar-refractivity contribution in [2.75, 3.05) is 32.2 Å². The molecule has 1 aliphatic rings. The molecule has 2 aromatic heterocycles. The Labute approximate surface area is 187 Å². The van der Waals surface area contributed by atoms with E-state index in [0.29, 0.717) is 30.5 Å². The van der Waals surface area contributed by atoms with E-state index in [0.717, 1.165) is 36.5 Å². The van der Waals surface area contributed by atoms with Crippen LogP contribution in [0.2, 0.25) is 0 Å². The lowest BCUT2D eigenvalue weighted by molar-refractivity contribution is -0.125. The van der Waals surface area contributed by atoms with Crippen molar-refractivity contribution in [1.29, 1.82) is 0 Å². The quantitative estimate of drug-likeness (QED) is 0.608. The molecule has 0 radical (unpaired) electrons. The van der Waals surface area contributed by atoms with E-state index >= 15 is 0 Å². The fraction of sp³-hybridized carbons (Fsp3) is 0.391. The summed E-state index contributed by atoms with van der Waals surface area (Å²) in [7, 11) is 3.20. The maximum Gasteiger partial charge on any atom is 0.237 e. The van der Waals surface area contributed by atoms with Gasteiger partial charge < -0.3 is 19.7 Å². The van der Waals surface area contributed by atoms with Crippen LogP contribution < -0.4 is 19.7 Å². The fourth-order valence-corrected chi connectivity index (χ4v) is 3.91. The zero-order chi connectivity index (χ0) is 22.5. The number of aryl methyl sites for hydroxylation is 1. The van der Waals surface area contributed by atoms with Gasteiger partial charge in [-0.05, 0) is 37.5 Å². The van der Waals surface area contributed by atoms with Crippen LogP contribution in [0, 0.1) is 12.8 Å². The van der Waals surface area contributed by atoms with Gasteiger partial charge in [0.15, 0.2) is 11.5 Å². The van der Waals surface area contributed by atoms with Crippen LogP contribution in [0.3, 0.4) is 0 Å². The number of imidazole rings is 1. The summed E-state index contributed by atoms with van der Waals surface area (Å²) in [5, 5.41) is 3.07. The molecule has 1 unspecified atom stereocenters. The lowest BCUT2D eigenvalue weighted by atomic mass is 9.97. The van der Waals surface area contributed by atoms with Crippen molar-refractivity contribution < 1.29 is 14.3 Å². The Morgan fingerprint density at radius 1 is 1.19 bits per heavy atom. The van der Waals surface area contributed by atoms with Crippen LogP contribution in [0.1, 0.15) is 24.1 Å². The molecule has 4 rings (SSSR count). The van der Waals surface area contributed by atoms with Crippen molar-refractivity contribution in [3.05, 3.63) is 54.2 Å². The largest absolute Gasteiger partial charge is 0.493 e. The van der Waals surface area contributed by atoms with Crippen LogP contribution >= 0.6 is 0 Å². The maximum atomic E-state index is 12.9. The third-order valence-electron chi connectivity index (χ3n) is 5.60. The Bertz CT molecular complexity index is 1070. The van der Waals surface area contributed by atoms with E-state index in [-0.39, 0.29) is 11.8 Å². The minimum atomic E-state index is -0.101. The number of benzene rings is 1. The normalized spacial score (nSPS) is 16.0. The van der Waals surface area contributed by atoms with E-state index in [1.807, 2.05) is 37.4 Å². The number of hydrogen-bond donors (Lipinski definition) is 1. The highest BCUT2D eigenvalue weighted by Crippen LogP contribution is 2.28. The van der Waals surface area contributed by atoms with Gasteiger partial charge in [-0.2, -0.15) is 4.98 Å². The molecule has 1 saturated heterocycles. The van der Waals surface area contributed by atoms with Gasteiger partial charge in [0.05, 0.1) is 20.1 Å². The van der Waals surface area contributed by atoms with Gasteiger partial charge >= 0.3 is 0 Å². The summed E-state index contributed by atoms with van der Waals surface area (Å²) in [6, 6.07) is 7.62. The Hall–Kier alpha value is -3.62. The zero-order valence-electron chi connectivity index (χ0n) is 18.6. The Morgan fingerprint density at radius 3 is 2.78 bits per heavy atom. The number of anilines is 1. The van der Waals surface area contributed by atoms with Gasteiger partial charge in [-0.25, -0.2) is 9.97 Å². The maximum absolute atomic E-state index is 12.9. The number of methoxy groups -OCH3 is 2. The monoisotopic (exact) mass is 436 g/mol. The molecule has 1 amide bonds. The summed E-state index contributed by atoms with van der Waals surface area (Å²) in [6.07, 6.45) is 6.98. The lowest BCUT2D eigenvalue weighted by Gasteiger charge is -2.33. The standard InChI is InChI=1S/C23H28N6O3/c1-16-11-21(27-23(26-16)29-10-8-24-15-29)28-9-4-5-18(14-28)22(30)25-13-17-6-7-19(31-2)20(12-17)32-3/h6-8,10-12,15,18H,4-5,9,13-14H2,1-3H3,(H,25,30). The molecule has 1 aromatic carbocycles. The molecule has 9 nitrogen and oxygen atoms in total. The number of carbonyl (C=O) groups excluding carboxylic acids is 1. The van der Waals surface area contributed by atoms with Crippen molar-refractivity contribution in [1.82, 2.24) is 24.8 Å². The highest BCUT2D eigenvalue weighted by Gasteiger charge is 2.27. The van der Waals surface area contributed by atoms with Crippen LogP contribution in [0.15, 0.2) is 43.0 Å².